The third kappa shape index (κ3) is 3.67. The van der Waals surface area contributed by atoms with Crippen molar-refractivity contribution in [1.29, 1.82) is 0 Å². The number of anilines is 1. The van der Waals surface area contributed by atoms with Crippen LogP contribution < -0.4 is 14.4 Å². The number of ketones is 1. The number of carbonyl (C=O) groups is 2. The second kappa shape index (κ2) is 8.72. The van der Waals surface area contributed by atoms with E-state index in [1.54, 1.807) is 35.7 Å². The molecule has 1 aromatic heterocycles. The van der Waals surface area contributed by atoms with E-state index in [1.165, 1.54) is 41.7 Å². The molecule has 1 amide bonds. The smallest absolute Gasteiger partial charge is 0.301 e. The molecule has 2 heterocycles. The summed E-state index contributed by atoms with van der Waals surface area (Å²) in [5.41, 5.74) is 0.755. The minimum absolute atomic E-state index is 0.0814. The van der Waals surface area contributed by atoms with Crippen LogP contribution in [-0.2, 0) is 9.59 Å². The number of methoxy groups -OCH3 is 1. The zero-order valence-electron chi connectivity index (χ0n) is 17.3. The molecule has 2 aromatic carbocycles. The number of aromatic hydroxyl groups is 1. The fraction of sp³-hybridized carbons (Fsp3) is 0.174. The number of phenolic OH excluding ortho intramolecular Hbond substituents is 1. The number of ether oxygens (including phenoxy) is 2. The van der Waals surface area contributed by atoms with E-state index in [1.807, 2.05) is 6.92 Å². The standard InChI is InChI=1S/C23H20N2O6S/c1-3-31-15-7-4-13(5-8-15)20(27)18-19(14-6-9-16(26)17(12-14)30-2)25(22(29)21(18)28)23-24-10-11-32-23/h4-12,19,26-27H,3H2,1-2H3/b20-18+. The highest BCUT2D eigenvalue weighted by Crippen LogP contribution is 2.44. The lowest BCUT2D eigenvalue weighted by Crippen LogP contribution is -2.29. The number of thiazole rings is 1. The summed E-state index contributed by atoms with van der Waals surface area (Å²) in [6, 6.07) is 10.1. The van der Waals surface area contributed by atoms with E-state index in [-0.39, 0.29) is 22.8 Å². The lowest BCUT2D eigenvalue weighted by molar-refractivity contribution is -0.132. The summed E-state index contributed by atoms with van der Waals surface area (Å²) in [6.07, 6.45) is 1.53. The Bertz CT molecular complexity index is 1190. The molecule has 1 atom stereocenters. The second-order valence-electron chi connectivity index (χ2n) is 6.87. The molecular formula is C23H20N2O6S. The molecule has 32 heavy (non-hydrogen) atoms. The highest BCUT2D eigenvalue weighted by Gasteiger charge is 2.48. The van der Waals surface area contributed by atoms with Gasteiger partial charge in [0.1, 0.15) is 11.5 Å². The first-order valence-corrected chi connectivity index (χ1v) is 10.6. The summed E-state index contributed by atoms with van der Waals surface area (Å²) in [5, 5.41) is 23.1. The molecule has 4 rings (SSSR count). The van der Waals surface area contributed by atoms with Crippen molar-refractivity contribution >= 4 is 33.9 Å². The SMILES string of the molecule is CCOc1ccc(/C(O)=C2\C(=O)C(=O)N(c3nccs3)C2c2ccc(O)c(OC)c2)cc1. The van der Waals surface area contributed by atoms with E-state index < -0.39 is 17.7 Å². The van der Waals surface area contributed by atoms with Crippen molar-refractivity contribution < 1.29 is 29.3 Å². The van der Waals surface area contributed by atoms with Crippen LogP contribution in [0, 0.1) is 0 Å². The molecule has 8 nitrogen and oxygen atoms in total. The first-order valence-electron chi connectivity index (χ1n) is 9.76. The number of phenols is 1. The first-order chi connectivity index (χ1) is 15.5. The highest BCUT2D eigenvalue weighted by atomic mass is 32.1. The molecule has 1 aliphatic heterocycles. The third-order valence-electron chi connectivity index (χ3n) is 5.03. The van der Waals surface area contributed by atoms with E-state index in [2.05, 4.69) is 4.98 Å². The molecule has 1 fully saturated rings. The Morgan fingerprint density at radius 3 is 2.56 bits per heavy atom. The molecule has 0 saturated carbocycles. The fourth-order valence-electron chi connectivity index (χ4n) is 3.58. The summed E-state index contributed by atoms with van der Waals surface area (Å²) in [5.74, 6) is -1.25. The number of hydrogen-bond donors (Lipinski definition) is 2. The zero-order valence-corrected chi connectivity index (χ0v) is 18.1. The van der Waals surface area contributed by atoms with E-state index >= 15 is 0 Å². The van der Waals surface area contributed by atoms with Crippen LogP contribution in [0.3, 0.4) is 0 Å². The van der Waals surface area contributed by atoms with E-state index in [0.717, 1.165) is 0 Å². The number of Topliss-reactive ketones (excluding diaryl/α,β-unsaturated/α-hetero) is 1. The molecule has 3 aromatic rings. The fourth-order valence-corrected chi connectivity index (χ4v) is 4.24. The number of carbonyl (C=O) groups excluding carboxylic acids is 2. The summed E-state index contributed by atoms with van der Waals surface area (Å²) in [4.78, 5) is 31.5. The van der Waals surface area contributed by atoms with Gasteiger partial charge in [-0.15, -0.1) is 11.3 Å². The van der Waals surface area contributed by atoms with Gasteiger partial charge in [0.15, 0.2) is 16.6 Å². The third-order valence-corrected chi connectivity index (χ3v) is 5.80. The van der Waals surface area contributed by atoms with Crippen LogP contribution in [0.4, 0.5) is 5.13 Å². The maximum atomic E-state index is 13.1. The van der Waals surface area contributed by atoms with E-state index in [0.29, 0.717) is 28.6 Å². The Hall–Kier alpha value is -3.85. The average molecular weight is 452 g/mol. The van der Waals surface area contributed by atoms with E-state index in [9.17, 15) is 19.8 Å². The monoisotopic (exact) mass is 452 g/mol. The van der Waals surface area contributed by atoms with Crippen LogP contribution in [0.5, 0.6) is 17.2 Å². The van der Waals surface area contributed by atoms with Crippen LogP contribution in [0.25, 0.3) is 5.76 Å². The molecular weight excluding hydrogens is 432 g/mol. The maximum Gasteiger partial charge on any atom is 0.301 e. The van der Waals surface area contributed by atoms with Crippen molar-refractivity contribution in [3.05, 3.63) is 70.7 Å². The van der Waals surface area contributed by atoms with Gasteiger partial charge in [0.25, 0.3) is 5.78 Å². The molecule has 0 aliphatic carbocycles. The van der Waals surface area contributed by atoms with Gasteiger partial charge in [0, 0.05) is 17.1 Å². The maximum absolute atomic E-state index is 13.1. The molecule has 0 bridgehead atoms. The number of nitrogens with zero attached hydrogens (tertiary/aromatic N) is 2. The van der Waals surface area contributed by atoms with E-state index in [4.69, 9.17) is 9.47 Å². The average Bonchev–Trinajstić information content (AvgIpc) is 3.41. The minimum Gasteiger partial charge on any atom is -0.507 e. The quantitative estimate of drug-likeness (QED) is 0.332. The van der Waals surface area contributed by atoms with Crippen molar-refractivity contribution in [3.63, 3.8) is 0 Å². The molecule has 1 aliphatic rings. The topological polar surface area (TPSA) is 109 Å². The highest BCUT2D eigenvalue weighted by molar-refractivity contribution is 7.14. The Morgan fingerprint density at radius 1 is 1.19 bits per heavy atom. The molecule has 2 N–H and O–H groups in total. The second-order valence-corrected chi connectivity index (χ2v) is 7.75. The molecule has 0 radical (unpaired) electrons. The lowest BCUT2D eigenvalue weighted by atomic mass is 9.95. The van der Waals surface area contributed by atoms with Gasteiger partial charge in [-0.2, -0.15) is 0 Å². The lowest BCUT2D eigenvalue weighted by Gasteiger charge is -2.23. The van der Waals surface area contributed by atoms with Gasteiger partial charge in [-0.05, 0) is 48.9 Å². The molecule has 1 saturated heterocycles. The molecule has 0 spiro atoms. The van der Waals surface area contributed by atoms with Gasteiger partial charge in [-0.3, -0.25) is 14.5 Å². The predicted octanol–water partition coefficient (Wildman–Crippen LogP) is 3.88. The summed E-state index contributed by atoms with van der Waals surface area (Å²) in [6.45, 7) is 2.35. The molecule has 9 heteroatoms. The normalized spacial score (nSPS) is 17.6. The molecule has 1 unspecified atom stereocenters. The van der Waals surface area contributed by atoms with Gasteiger partial charge in [0.2, 0.25) is 0 Å². The van der Waals surface area contributed by atoms with Crippen LogP contribution >= 0.6 is 11.3 Å². The minimum atomic E-state index is -0.956. The molecule has 164 valence electrons. The van der Waals surface area contributed by atoms with Crippen molar-refractivity contribution in [3.8, 4) is 17.2 Å². The Balaban J connectivity index is 1.89. The number of benzene rings is 2. The number of aliphatic hydroxyl groups is 1. The van der Waals surface area contributed by atoms with Crippen molar-refractivity contribution in [1.82, 2.24) is 4.98 Å². The predicted molar refractivity (Wildman–Crippen MR) is 119 cm³/mol. The Kier molecular flexibility index (Phi) is 5.83. The van der Waals surface area contributed by atoms with Gasteiger partial charge >= 0.3 is 5.91 Å². The van der Waals surface area contributed by atoms with Gasteiger partial charge in [0.05, 0.1) is 25.3 Å². The van der Waals surface area contributed by atoms with Crippen LogP contribution in [-0.4, -0.2) is 40.6 Å². The van der Waals surface area contributed by atoms with Crippen LogP contribution in [0.15, 0.2) is 59.6 Å². The number of aromatic nitrogens is 1. The van der Waals surface area contributed by atoms with Crippen molar-refractivity contribution in [2.75, 3.05) is 18.6 Å². The van der Waals surface area contributed by atoms with Crippen LogP contribution in [0.1, 0.15) is 24.1 Å². The van der Waals surface area contributed by atoms with Crippen molar-refractivity contribution in [2.45, 2.75) is 13.0 Å². The number of rotatable bonds is 6. The van der Waals surface area contributed by atoms with Gasteiger partial charge in [-0.1, -0.05) is 6.07 Å². The van der Waals surface area contributed by atoms with Gasteiger partial charge in [-0.25, -0.2) is 4.98 Å². The summed E-state index contributed by atoms with van der Waals surface area (Å²) < 4.78 is 10.6. The Morgan fingerprint density at radius 2 is 1.94 bits per heavy atom. The van der Waals surface area contributed by atoms with Crippen molar-refractivity contribution in [2.24, 2.45) is 0 Å². The first kappa shape index (κ1) is 21.4. The summed E-state index contributed by atoms with van der Waals surface area (Å²) >= 11 is 1.19. The Labute approximate surface area is 188 Å². The van der Waals surface area contributed by atoms with Gasteiger partial charge < -0.3 is 19.7 Å². The van der Waals surface area contributed by atoms with Crippen LogP contribution in [0.2, 0.25) is 0 Å². The zero-order chi connectivity index (χ0) is 22.8. The summed E-state index contributed by atoms with van der Waals surface area (Å²) in [7, 11) is 1.40. The largest absolute Gasteiger partial charge is 0.507 e. The number of aliphatic hydroxyl groups excluding tert-OH is 1. The number of amides is 1. The number of hydrogen-bond acceptors (Lipinski definition) is 8.